The average molecular weight is 352 g/mol. The highest BCUT2D eigenvalue weighted by Crippen LogP contribution is 2.20. The molecule has 2 heterocycles. The minimum Gasteiger partial charge on any atom is -0.382 e. The van der Waals surface area contributed by atoms with E-state index in [9.17, 15) is 4.79 Å². The maximum Gasteiger partial charge on any atom is 0.256 e. The second-order valence-corrected chi connectivity index (χ2v) is 6.03. The van der Waals surface area contributed by atoms with Crippen molar-refractivity contribution in [2.24, 2.45) is 0 Å². The Morgan fingerprint density at radius 2 is 1.92 bits per heavy atom. The van der Waals surface area contributed by atoms with Gasteiger partial charge in [0.15, 0.2) is 5.82 Å². The van der Waals surface area contributed by atoms with Gasteiger partial charge in [0, 0.05) is 32.2 Å². The Labute approximate surface area is 153 Å². The summed E-state index contributed by atoms with van der Waals surface area (Å²) in [6.07, 6.45) is 6.22. The highest BCUT2D eigenvalue weighted by Gasteiger charge is 2.19. The Morgan fingerprint density at radius 1 is 1.19 bits per heavy atom. The van der Waals surface area contributed by atoms with Gasteiger partial charge >= 0.3 is 0 Å². The number of hydrogen-bond acceptors (Lipinski definition) is 3. The van der Waals surface area contributed by atoms with E-state index < -0.39 is 0 Å². The number of amides is 1. The van der Waals surface area contributed by atoms with Gasteiger partial charge in [0.05, 0.1) is 11.9 Å². The number of nitrogens with zero attached hydrogens (tertiary/aromatic N) is 3. The first-order valence-corrected chi connectivity index (χ1v) is 8.85. The fourth-order valence-electron chi connectivity index (χ4n) is 2.72. The first-order valence-electron chi connectivity index (χ1n) is 8.85. The predicted octanol–water partition coefficient (Wildman–Crippen LogP) is 3.13. The van der Waals surface area contributed by atoms with Crippen LogP contribution in [0, 0.1) is 6.92 Å². The minimum absolute atomic E-state index is 0.136. The Balaban J connectivity index is 1.86. The Hall–Kier alpha value is -2.86. The molecule has 0 aliphatic rings. The molecule has 0 aliphatic heterocycles. The average Bonchev–Trinajstić information content (AvgIpc) is 3.31. The molecule has 6 heteroatoms. The lowest BCUT2D eigenvalue weighted by Crippen LogP contribution is -2.26. The number of ether oxygens (including phenoxy) is 1. The van der Waals surface area contributed by atoms with Crippen LogP contribution in [0.3, 0.4) is 0 Å². The van der Waals surface area contributed by atoms with Crippen LogP contribution in [-0.2, 0) is 4.74 Å². The van der Waals surface area contributed by atoms with E-state index in [1.54, 1.807) is 10.9 Å². The number of rotatable bonds is 8. The van der Waals surface area contributed by atoms with Crippen molar-refractivity contribution < 1.29 is 9.53 Å². The van der Waals surface area contributed by atoms with Crippen LogP contribution in [0.5, 0.6) is 0 Å². The van der Waals surface area contributed by atoms with Crippen molar-refractivity contribution in [2.75, 3.05) is 19.8 Å². The minimum atomic E-state index is -0.136. The monoisotopic (exact) mass is 352 g/mol. The quantitative estimate of drug-likeness (QED) is 0.634. The van der Waals surface area contributed by atoms with Gasteiger partial charge in [-0.3, -0.25) is 4.79 Å². The zero-order chi connectivity index (χ0) is 18.4. The highest BCUT2D eigenvalue weighted by molar-refractivity contribution is 5.97. The van der Waals surface area contributed by atoms with Crippen molar-refractivity contribution in [1.82, 2.24) is 19.7 Å². The number of aromatic nitrogens is 3. The molecule has 0 atom stereocenters. The molecule has 1 amide bonds. The van der Waals surface area contributed by atoms with Crippen LogP contribution in [0.4, 0.5) is 0 Å². The molecule has 0 bridgehead atoms. The lowest BCUT2D eigenvalue weighted by atomic mass is 10.2. The lowest BCUT2D eigenvalue weighted by Gasteiger charge is -2.11. The van der Waals surface area contributed by atoms with Gasteiger partial charge in [-0.25, -0.2) is 4.68 Å². The van der Waals surface area contributed by atoms with Crippen LogP contribution in [0.1, 0.15) is 29.3 Å². The molecule has 0 radical (unpaired) electrons. The molecule has 26 heavy (non-hydrogen) atoms. The van der Waals surface area contributed by atoms with Gasteiger partial charge < -0.3 is 14.6 Å². The second kappa shape index (κ2) is 8.49. The van der Waals surface area contributed by atoms with Crippen LogP contribution < -0.4 is 5.32 Å². The molecule has 3 rings (SSSR count). The smallest absolute Gasteiger partial charge is 0.256 e. The second-order valence-electron chi connectivity index (χ2n) is 6.03. The molecule has 136 valence electrons. The van der Waals surface area contributed by atoms with E-state index in [0.717, 1.165) is 17.9 Å². The third-order valence-electron chi connectivity index (χ3n) is 4.07. The van der Waals surface area contributed by atoms with E-state index in [4.69, 9.17) is 4.74 Å². The number of benzene rings is 1. The largest absolute Gasteiger partial charge is 0.382 e. The Kier molecular flexibility index (Phi) is 5.86. The van der Waals surface area contributed by atoms with Crippen LogP contribution >= 0.6 is 0 Å². The summed E-state index contributed by atoms with van der Waals surface area (Å²) in [4.78, 5) is 12.7. The van der Waals surface area contributed by atoms with Crippen LogP contribution in [0.15, 0.2) is 55.0 Å². The summed E-state index contributed by atoms with van der Waals surface area (Å²) in [7, 11) is 0. The summed E-state index contributed by atoms with van der Waals surface area (Å²) >= 11 is 0. The standard InChI is InChI=1S/C20H24N4O2/c1-3-26-14-6-11-21-19(25)18-15-22-24(17-9-7-16(2)8-10-17)20(18)23-12-4-5-13-23/h4-5,7-10,12-13,15H,3,6,11,14H2,1-2H3,(H,21,25). The first kappa shape index (κ1) is 17.9. The van der Waals surface area contributed by atoms with Crippen LogP contribution in [0.2, 0.25) is 0 Å². The maximum atomic E-state index is 12.7. The molecule has 1 aromatic carbocycles. The highest BCUT2D eigenvalue weighted by atomic mass is 16.5. The molecule has 2 aromatic heterocycles. The third kappa shape index (κ3) is 4.03. The normalized spacial score (nSPS) is 10.8. The van der Waals surface area contributed by atoms with E-state index >= 15 is 0 Å². The van der Waals surface area contributed by atoms with Crippen molar-refractivity contribution in [2.45, 2.75) is 20.3 Å². The topological polar surface area (TPSA) is 61.1 Å². The predicted molar refractivity (Wildman–Crippen MR) is 101 cm³/mol. The summed E-state index contributed by atoms with van der Waals surface area (Å²) in [6, 6.07) is 11.9. The summed E-state index contributed by atoms with van der Waals surface area (Å²) in [5.74, 6) is 0.588. The molecular weight excluding hydrogens is 328 g/mol. The number of carbonyl (C=O) groups is 1. The van der Waals surface area contributed by atoms with Crippen molar-refractivity contribution in [3.63, 3.8) is 0 Å². The van der Waals surface area contributed by atoms with E-state index in [1.165, 1.54) is 5.56 Å². The van der Waals surface area contributed by atoms with E-state index in [2.05, 4.69) is 10.4 Å². The van der Waals surface area contributed by atoms with Crippen molar-refractivity contribution in [3.8, 4) is 11.5 Å². The van der Waals surface area contributed by atoms with E-state index in [-0.39, 0.29) is 5.91 Å². The Morgan fingerprint density at radius 3 is 2.62 bits per heavy atom. The van der Waals surface area contributed by atoms with Crippen molar-refractivity contribution in [1.29, 1.82) is 0 Å². The summed E-state index contributed by atoms with van der Waals surface area (Å²) in [5.41, 5.74) is 2.63. The molecule has 0 unspecified atom stereocenters. The number of nitrogens with one attached hydrogen (secondary N) is 1. The van der Waals surface area contributed by atoms with Gasteiger partial charge in [0.1, 0.15) is 5.56 Å². The van der Waals surface area contributed by atoms with Gasteiger partial charge in [-0.05, 0) is 44.5 Å². The molecule has 0 saturated heterocycles. The number of aryl methyl sites for hydroxylation is 1. The molecule has 0 aliphatic carbocycles. The van der Waals surface area contributed by atoms with Crippen molar-refractivity contribution in [3.05, 3.63) is 66.1 Å². The zero-order valence-corrected chi connectivity index (χ0v) is 15.2. The van der Waals surface area contributed by atoms with Gasteiger partial charge in [0.2, 0.25) is 0 Å². The maximum absolute atomic E-state index is 12.7. The molecule has 0 fully saturated rings. The SMILES string of the molecule is CCOCCCNC(=O)c1cnn(-c2ccc(C)cc2)c1-n1cccc1. The molecule has 1 N–H and O–H groups in total. The van der Waals surface area contributed by atoms with Crippen LogP contribution in [0.25, 0.3) is 11.5 Å². The van der Waals surface area contributed by atoms with Gasteiger partial charge in [-0.2, -0.15) is 5.10 Å². The molecule has 3 aromatic rings. The van der Waals surface area contributed by atoms with Crippen LogP contribution in [-0.4, -0.2) is 40.0 Å². The number of hydrogen-bond donors (Lipinski definition) is 1. The van der Waals surface area contributed by atoms with Gasteiger partial charge in [0.25, 0.3) is 5.91 Å². The molecule has 6 nitrogen and oxygen atoms in total. The molecular formula is C20H24N4O2. The third-order valence-corrected chi connectivity index (χ3v) is 4.07. The summed E-state index contributed by atoms with van der Waals surface area (Å²) in [5, 5.41) is 7.41. The van der Waals surface area contributed by atoms with Gasteiger partial charge in [-0.15, -0.1) is 0 Å². The fraction of sp³-hybridized carbons (Fsp3) is 0.300. The molecule has 0 spiro atoms. The molecule has 0 saturated carbocycles. The zero-order valence-electron chi connectivity index (χ0n) is 15.2. The van der Waals surface area contributed by atoms with Gasteiger partial charge in [-0.1, -0.05) is 17.7 Å². The lowest BCUT2D eigenvalue weighted by molar-refractivity contribution is 0.0944. The van der Waals surface area contributed by atoms with Crippen molar-refractivity contribution >= 4 is 5.91 Å². The number of carbonyl (C=O) groups excluding carboxylic acids is 1. The Bertz CT molecular complexity index is 835. The van der Waals surface area contributed by atoms with E-state index in [1.807, 2.05) is 67.2 Å². The summed E-state index contributed by atoms with van der Waals surface area (Å²) in [6.45, 7) is 5.90. The first-order chi connectivity index (χ1) is 12.7. The fourth-order valence-corrected chi connectivity index (χ4v) is 2.72. The summed E-state index contributed by atoms with van der Waals surface area (Å²) < 4.78 is 8.99. The van der Waals surface area contributed by atoms with E-state index in [0.29, 0.717) is 25.3 Å².